The molecule has 1 fully saturated rings. The maximum atomic E-state index is 14.0. The summed E-state index contributed by atoms with van der Waals surface area (Å²) in [5, 5.41) is 11.6. The topological polar surface area (TPSA) is 23.5 Å². The molecule has 3 rings (SSSR count). The first-order valence-electron chi connectivity index (χ1n) is 7.36. The Kier molecular flexibility index (Phi) is 4.38. The molecule has 21 heavy (non-hydrogen) atoms. The summed E-state index contributed by atoms with van der Waals surface area (Å²) in [5.74, 6) is 0.201. The zero-order valence-electron chi connectivity index (χ0n) is 12.1. The molecule has 1 saturated heterocycles. The molecule has 1 aromatic heterocycles. The molecule has 2 nitrogen and oxygen atoms in total. The van der Waals surface area contributed by atoms with Crippen LogP contribution in [0, 0.1) is 11.7 Å². The van der Waals surface area contributed by atoms with Gasteiger partial charge in [-0.2, -0.15) is 0 Å². The minimum atomic E-state index is -0.245. The zero-order chi connectivity index (χ0) is 14.8. The lowest BCUT2D eigenvalue weighted by molar-refractivity contribution is 0.127. The number of halogens is 1. The lowest BCUT2D eigenvalue weighted by Gasteiger charge is -2.18. The Bertz CT molecular complexity index is 597. The van der Waals surface area contributed by atoms with Crippen molar-refractivity contribution in [1.82, 2.24) is 4.90 Å². The van der Waals surface area contributed by atoms with E-state index in [0.29, 0.717) is 11.5 Å². The SMILES string of the molecule is CC(O)C1CCN(Cc2ccc(F)c(-c3cccs3)c2)C1. The summed E-state index contributed by atoms with van der Waals surface area (Å²) in [4.78, 5) is 3.31. The van der Waals surface area contributed by atoms with Gasteiger partial charge < -0.3 is 5.11 Å². The van der Waals surface area contributed by atoms with E-state index in [1.807, 2.05) is 36.6 Å². The van der Waals surface area contributed by atoms with Gasteiger partial charge >= 0.3 is 0 Å². The van der Waals surface area contributed by atoms with E-state index in [1.54, 1.807) is 17.4 Å². The lowest BCUT2D eigenvalue weighted by atomic mass is 10.0. The van der Waals surface area contributed by atoms with Crippen LogP contribution in [0.3, 0.4) is 0 Å². The zero-order valence-corrected chi connectivity index (χ0v) is 12.9. The van der Waals surface area contributed by atoms with E-state index in [2.05, 4.69) is 4.90 Å². The predicted octanol–water partition coefficient (Wildman–Crippen LogP) is 3.76. The number of benzene rings is 1. The standard InChI is InChI=1S/C17H20FNOS/c1-12(20)14-6-7-19(11-14)10-13-4-5-16(18)15(9-13)17-3-2-8-21-17/h2-5,8-9,12,14,20H,6-7,10-11H2,1H3. The number of hydrogen-bond acceptors (Lipinski definition) is 3. The van der Waals surface area contributed by atoms with Gasteiger partial charge in [-0.1, -0.05) is 12.1 Å². The molecule has 0 saturated carbocycles. The number of rotatable bonds is 4. The van der Waals surface area contributed by atoms with Crippen LogP contribution in [0.15, 0.2) is 35.7 Å². The van der Waals surface area contributed by atoms with Crippen LogP contribution in [0.1, 0.15) is 18.9 Å². The molecule has 2 unspecified atom stereocenters. The van der Waals surface area contributed by atoms with Crippen molar-refractivity contribution in [3.63, 3.8) is 0 Å². The first-order valence-corrected chi connectivity index (χ1v) is 8.24. The fraction of sp³-hybridized carbons (Fsp3) is 0.412. The van der Waals surface area contributed by atoms with E-state index in [1.165, 1.54) is 0 Å². The fourth-order valence-corrected chi connectivity index (χ4v) is 3.69. The number of nitrogens with zero attached hydrogens (tertiary/aromatic N) is 1. The summed E-state index contributed by atoms with van der Waals surface area (Å²) in [6, 6.07) is 9.28. The fourth-order valence-electron chi connectivity index (χ4n) is 2.95. The molecule has 0 spiro atoms. The number of thiophene rings is 1. The average molecular weight is 305 g/mol. The second-order valence-corrected chi connectivity index (χ2v) is 6.76. The minimum absolute atomic E-state index is 0.163. The van der Waals surface area contributed by atoms with Gasteiger partial charge in [-0.15, -0.1) is 11.3 Å². The van der Waals surface area contributed by atoms with Crippen molar-refractivity contribution in [1.29, 1.82) is 0 Å². The predicted molar refractivity (Wildman–Crippen MR) is 84.8 cm³/mol. The molecule has 2 atom stereocenters. The Morgan fingerprint density at radius 2 is 2.29 bits per heavy atom. The van der Waals surface area contributed by atoms with Gasteiger partial charge in [-0.3, -0.25) is 4.90 Å². The third-order valence-electron chi connectivity index (χ3n) is 4.21. The smallest absolute Gasteiger partial charge is 0.131 e. The summed E-state index contributed by atoms with van der Waals surface area (Å²) >= 11 is 1.56. The molecule has 2 heterocycles. The normalized spacial score (nSPS) is 20.8. The van der Waals surface area contributed by atoms with Crippen LogP contribution in [0.4, 0.5) is 4.39 Å². The van der Waals surface area contributed by atoms with E-state index in [9.17, 15) is 9.50 Å². The van der Waals surface area contributed by atoms with Crippen LogP contribution in [0.25, 0.3) is 10.4 Å². The van der Waals surface area contributed by atoms with Crippen molar-refractivity contribution in [2.24, 2.45) is 5.92 Å². The Labute approximate surface area is 128 Å². The molecule has 0 amide bonds. The third kappa shape index (κ3) is 3.34. The van der Waals surface area contributed by atoms with Gasteiger partial charge in [0.15, 0.2) is 0 Å². The van der Waals surface area contributed by atoms with Gasteiger partial charge in [0.05, 0.1) is 6.10 Å². The number of likely N-dealkylation sites (tertiary alicyclic amines) is 1. The van der Waals surface area contributed by atoms with Gasteiger partial charge in [0.25, 0.3) is 0 Å². The van der Waals surface area contributed by atoms with Gasteiger partial charge in [0.2, 0.25) is 0 Å². The van der Waals surface area contributed by atoms with E-state index in [0.717, 1.165) is 36.5 Å². The second kappa shape index (κ2) is 6.26. The number of aliphatic hydroxyl groups excluding tert-OH is 1. The quantitative estimate of drug-likeness (QED) is 0.930. The summed E-state index contributed by atoms with van der Waals surface area (Å²) in [5.41, 5.74) is 1.82. The maximum absolute atomic E-state index is 14.0. The van der Waals surface area contributed by atoms with Gasteiger partial charge in [0, 0.05) is 23.5 Å². The highest BCUT2D eigenvalue weighted by molar-refractivity contribution is 7.13. The second-order valence-electron chi connectivity index (χ2n) is 5.82. The van der Waals surface area contributed by atoms with Gasteiger partial charge in [0.1, 0.15) is 5.82 Å². The Morgan fingerprint density at radius 1 is 1.43 bits per heavy atom. The average Bonchev–Trinajstić information content (AvgIpc) is 3.12. The largest absolute Gasteiger partial charge is 0.393 e. The van der Waals surface area contributed by atoms with Gasteiger partial charge in [-0.05, 0) is 54.9 Å². The van der Waals surface area contributed by atoms with Crippen molar-refractivity contribution < 1.29 is 9.50 Å². The first-order chi connectivity index (χ1) is 10.1. The Morgan fingerprint density at radius 3 is 2.95 bits per heavy atom. The molecule has 0 bridgehead atoms. The summed E-state index contributed by atoms with van der Waals surface area (Å²) in [6.07, 6.45) is 0.793. The van der Waals surface area contributed by atoms with Crippen LogP contribution in [-0.2, 0) is 6.54 Å². The Balaban J connectivity index is 1.74. The highest BCUT2D eigenvalue weighted by Gasteiger charge is 2.25. The molecule has 1 aromatic carbocycles. The number of aliphatic hydroxyl groups is 1. The van der Waals surface area contributed by atoms with Crippen molar-refractivity contribution in [2.75, 3.05) is 13.1 Å². The molecule has 1 aliphatic heterocycles. The van der Waals surface area contributed by atoms with Crippen LogP contribution in [0.5, 0.6) is 0 Å². The van der Waals surface area contributed by atoms with Crippen LogP contribution in [-0.4, -0.2) is 29.2 Å². The monoisotopic (exact) mass is 305 g/mol. The molecule has 1 aliphatic rings. The van der Waals surface area contributed by atoms with Crippen molar-refractivity contribution in [2.45, 2.75) is 26.0 Å². The Hall–Kier alpha value is -1.23. The summed E-state index contributed by atoms with van der Waals surface area (Å²) in [7, 11) is 0. The van der Waals surface area contributed by atoms with Crippen LogP contribution >= 0.6 is 11.3 Å². The summed E-state index contributed by atoms with van der Waals surface area (Å²) in [6.45, 7) is 4.60. The van der Waals surface area contributed by atoms with Crippen molar-refractivity contribution >= 4 is 11.3 Å². The molecular formula is C17H20FNOS. The molecule has 1 N–H and O–H groups in total. The minimum Gasteiger partial charge on any atom is -0.393 e. The van der Waals surface area contributed by atoms with Crippen molar-refractivity contribution in [3.05, 3.63) is 47.1 Å². The highest BCUT2D eigenvalue weighted by Crippen LogP contribution is 2.29. The molecule has 0 radical (unpaired) electrons. The maximum Gasteiger partial charge on any atom is 0.131 e. The molecular weight excluding hydrogens is 285 g/mol. The first kappa shape index (κ1) is 14.7. The van der Waals surface area contributed by atoms with E-state index < -0.39 is 0 Å². The summed E-state index contributed by atoms with van der Waals surface area (Å²) < 4.78 is 14.0. The van der Waals surface area contributed by atoms with E-state index in [-0.39, 0.29) is 11.9 Å². The van der Waals surface area contributed by atoms with E-state index in [4.69, 9.17) is 0 Å². The van der Waals surface area contributed by atoms with E-state index >= 15 is 0 Å². The van der Waals surface area contributed by atoms with Gasteiger partial charge in [-0.25, -0.2) is 4.39 Å². The third-order valence-corrected chi connectivity index (χ3v) is 5.12. The highest BCUT2D eigenvalue weighted by atomic mass is 32.1. The number of hydrogen-bond donors (Lipinski definition) is 1. The molecule has 2 aromatic rings. The van der Waals surface area contributed by atoms with Crippen molar-refractivity contribution in [3.8, 4) is 10.4 Å². The van der Waals surface area contributed by atoms with Crippen LogP contribution < -0.4 is 0 Å². The molecule has 4 heteroatoms. The molecule has 112 valence electrons. The molecule has 0 aliphatic carbocycles. The van der Waals surface area contributed by atoms with Crippen LogP contribution in [0.2, 0.25) is 0 Å². The lowest BCUT2D eigenvalue weighted by Crippen LogP contribution is -2.24.